The summed E-state index contributed by atoms with van der Waals surface area (Å²) in [4.78, 5) is 7.74. The lowest BCUT2D eigenvalue weighted by molar-refractivity contribution is -0.181. The van der Waals surface area contributed by atoms with Crippen molar-refractivity contribution in [2.75, 3.05) is 46.4 Å². The molecule has 0 spiro atoms. The quantitative estimate of drug-likeness (QED) is 0.372. The van der Waals surface area contributed by atoms with E-state index in [0.717, 1.165) is 23.5 Å². The zero-order valence-corrected chi connectivity index (χ0v) is 19.0. The van der Waals surface area contributed by atoms with Gasteiger partial charge in [-0.15, -0.1) is 24.0 Å². The predicted octanol–water partition coefficient (Wildman–Crippen LogP) is 3.11. The van der Waals surface area contributed by atoms with Crippen molar-refractivity contribution in [2.45, 2.75) is 32.1 Å². The first-order chi connectivity index (χ1) is 13.4. The molecule has 1 fully saturated rings. The van der Waals surface area contributed by atoms with Gasteiger partial charge in [-0.3, -0.25) is 9.89 Å². The van der Waals surface area contributed by atoms with Crippen LogP contribution in [-0.2, 0) is 6.54 Å². The second-order valence-electron chi connectivity index (χ2n) is 6.94. The summed E-state index contributed by atoms with van der Waals surface area (Å²) in [5.74, 6) is 2.15. The molecule has 1 unspecified atom stereocenters. The lowest BCUT2D eigenvalue weighted by atomic mass is 10.2. The number of guanidine groups is 1. The van der Waals surface area contributed by atoms with Crippen molar-refractivity contribution in [1.82, 2.24) is 15.1 Å². The Labute approximate surface area is 186 Å². The Kier molecular flexibility index (Phi) is 8.68. The maximum Gasteiger partial charge on any atom is 0.403 e. The van der Waals surface area contributed by atoms with E-state index in [1.54, 1.807) is 7.05 Å². The molecule has 0 bridgehead atoms. The van der Waals surface area contributed by atoms with Crippen LogP contribution in [0, 0.1) is 0 Å². The van der Waals surface area contributed by atoms with Crippen molar-refractivity contribution in [2.24, 2.45) is 4.99 Å². The fraction of sp³-hybridized carbons (Fsp3) is 0.632. The maximum atomic E-state index is 12.9. The molecule has 0 saturated carbocycles. The first kappa shape index (κ1) is 23.8. The first-order valence-corrected chi connectivity index (χ1v) is 9.54. The first-order valence-electron chi connectivity index (χ1n) is 9.54. The van der Waals surface area contributed by atoms with Crippen molar-refractivity contribution in [3.05, 3.63) is 23.8 Å². The van der Waals surface area contributed by atoms with Gasteiger partial charge in [0, 0.05) is 51.8 Å². The SMILES string of the molecule is CN=C(NCc1cccc2c1OCCCO2)N1CCN(C(C)C(F)(F)F)CC1.I. The van der Waals surface area contributed by atoms with E-state index in [1.165, 1.54) is 11.8 Å². The Morgan fingerprint density at radius 2 is 1.86 bits per heavy atom. The minimum atomic E-state index is -4.20. The molecule has 2 heterocycles. The van der Waals surface area contributed by atoms with Gasteiger partial charge in [-0.05, 0) is 13.0 Å². The Hall–Kier alpha value is -1.43. The molecule has 1 saturated heterocycles. The van der Waals surface area contributed by atoms with E-state index in [1.807, 2.05) is 23.1 Å². The van der Waals surface area contributed by atoms with Gasteiger partial charge >= 0.3 is 6.18 Å². The van der Waals surface area contributed by atoms with Crippen molar-refractivity contribution in [1.29, 1.82) is 0 Å². The van der Waals surface area contributed by atoms with Crippen LogP contribution in [0.15, 0.2) is 23.2 Å². The topological polar surface area (TPSA) is 49.3 Å². The van der Waals surface area contributed by atoms with Gasteiger partial charge in [0.25, 0.3) is 0 Å². The number of nitrogens with zero attached hydrogens (tertiary/aromatic N) is 3. The number of rotatable bonds is 3. The molecule has 1 N–H and O–H groups in total. The molecule has 0 amide bonds. The van der Waals surface area contributed by atoms with Crippen LogP contribution in [0.3, 0.4) is 0 Å². The van der Waals surface area contributed by atoms with Crippen molar-refractivity contribution >= 4 is 29.9 Å². The average molecular weight is 528 g/mol. The number of hydrogen-bond acceptors (Lipinski definition) is 4. The summed E-state index contributed by atoms with van der Waals surface area (Å²) in [6, 6.07) is 4.35. The highest BCUT2D eigenvalue weighted by atomic mass is 127. The molecule has 164 valence electrons. The second-order valence-corrected chi connectivity index (χ2v) is 6.94. The van der Waals surface area contributed by atoms with Gasteiger partial charge in [-0.2, -0.15) is 13.2 Å². The number of ether oxygens (including phenoxy) is 2. The van der Waals surface area contributed by atoms with Crippen LogP contribution >= 0.6 is 24.0 Å². The van der Waals surface area contributed by atoms with Crippen LogP contribution < -0.4 is 14.8 Å². The lowest BCUT2D eigenvalue weighted by Crippen LogP contribution is -2.56. The van der Waals surface area contributed by atoms with Gasteiger partial charge in [0.1, 0.15) is 6.04 Å². The van der Waals surface area contributed by atoms with Gasteiger partial charge in [0.05, 0.1) is 13.2 Å². The van der Waals surface area contributed by atoms with Gasteiger partial charge < -0.3 is 19.7 Å². The fourth-order valence-corrected chi connectivity index (χ4v) is 3.43. The molecule has 10 heteroatoms. The maximum absolute atomic E-state index is 12.9. The number of alkyl halides is 3. The summed E-state index contributed by atoms with van der Waals surface area (Å²) in [5.41, 5.74) is 0.963. The second kappa shape index (κ2) is 10.6. The Morgan fingerprint density at radius 3 is 2.52 bits per heavy atom. The van der Waals surface area contributed by atoms with Crippen LogP contribution in [0.1, 0.15) is 18.9 Å². The Balaban J connectivity index is 0.00000300. The smallest absolute Gasteiger partial charge is 0.403 e. The molecule has 1 aromatic carbocycles. The number of fused-ring (bicyclic) bond motifs is 1. The molecular formula is C19H28F3IN4O2. The molecule has 0 radical (unpaired) electrons. The Morgan fingerprint density at radius 1 is 1.17 bits per heavy atom. The number of piperazine rings is 1. The number of nitrogens with one attached hydrogen (secondary N) is 1. The number of para-hydroxylation sites is 1. The van der Waals surface area contributed by atoms with Crippen LogP contribution in [0.25, 0.3) is 0 Å². The highest BCUT2D eigenvalue weighted by Crippen LogP contribution is 2.33. The van der Waals surface area contributed by atoms with E-state index in [2.05, 4.69) is 10.3 Å². The van der Waals surface area contributed by atoms with Gasteiger partial charge in [-0.1, -0.05) is 12.1 Å². The van der Waals surface area contributed by atoms with Gasteiger partial charge in [0.15, 0.2) is 17.5 Å². The van der Waals surface area contributed by atoms with Crippen molar-refractivity contribution in [3.8, 4) is 11.5 Å². The molecule has 1 atom stereocenters. The number of halogens is 4. The fourth-order valence-electron chi connectivity index (χ4n) is 3.43. The van der Waals surface area contributed by atoms with E-state index >= 15 is 0 Å². The zero-order valence-electron chi connectivity index (χ0n) is 16.7. The number of hydrogen-bond donors (Lipinski definition) is 1. The average Bonchev–Trinajstić information content (AvgIpc) is 2.94. The van der Waals surface area contributed by atoms with Crippen LogP contribution in [0.5, 0.6) is 11.5 Å². The molecule has 0 aliphatic carbocycles. The Bertz CT molecular complexity index is 695. The normalized spacial score (nSPS) is 19.2. The summed E-state index contributed by atoms with van der Waals surface area (Å²) < 4.78 is 50.3. The third-order valence-corrected chi connectivity index (χ3v) is 5.14. The number of aliphatic imine (C=N–C) groups is 1. The van der Waals surface area contributed by atoms with E-state index < -0.39 is 12.2 Å². The molecular weight excluding hydrogens is 500 g/mol. The highest BCUT2D eigenvalue weighted by Gasteiger charge is 2.41. The van der Waals surface area contributed by atoms with Crippen molar-refractivity contribution in [3.63, 3.8) is 0 Å². The largest absolute Gasteiger partial charge is 0.490 e. The zero-order chi connectivity index (χ0) is 20.1. The molecule has 2 aliphatic heterocycles. The molecule has 29 heavy (non-hydrogen) atoms. The third kappa shape index (κ3) is 6.03. The van der Waals surface area contributed by atoms with E-state index in [9.17, 15) is 13.2 Å². The van der Waals surface area contributed by atoms with Gasteiger partial charge in [-0.25, -0.2) is 0 Å². The minimum Gasteiger partial charge on any atom is -0.490 e. The third-order valence-electron chi connectivity index (χ3n) is 5.14. The van der Waals surface area contributed by atoms with E-state index in [4.69, 9.17) is 9.47 Å². The summed E-state index contributed by atoms with van der Waals surface area (Å²) in [5, 5.41) is 3.30. The van der Waals surface area contributed by atoms with Crippen LogP contribution in [-0.4, -0.2) is 74.4 Å². The van der Waals surface area contributed by atoms with Crippen molar-refractivity contribution < 1.29 is 22.6 Å². The lowest BCUT2D eigenvalue weighted by Gasteiger charge is -2.39. The molecule has 3 rings (SSSR count). The highest BCUT2D eigenvalue weighted by molar-refractivity contribution is 14.0. The molecule has 2 aliphatic rings. The monoisotopic (exact) mass is 528 g/mol. The van der Waals surface area contributed by atoms with Gasteiger partial charge in [0.2, 0.25) is 0 Å². The molecule has 6 nitrogen and oxygen atoms in total. The van der Waals surface area contributed by atoms with Crippen LogP contribution in [0.2, 0.25) is 0 Å². The van der Waals surface area contributed by atoms with E-state index in [-0.39, 0.29) is 24.0 Å². The summed E-state index contributed by atoms with van der Waals surface area (Å²) in [6.45, 7) is 4.63. The van der Waals surface area contributed by atoms with Crippen LogP contribution in [0.4, 0.5) is 13.2 Å². The summed E-state index contributed by atoms with van der Waals surface area (Å²) >= 11 is 0. The summed E-state index contributed by atoms with van der Waals surface area (Å²) in [7, 11) is 1.68. The minimum absolute atomic E-state index is 0. The standard InChI is InChI=1S/C19H27F3N4O2.HI/c1-14(19(20,21)22)25-7-9-26(10-8-25)18(23-2)24-13-15-5-3-6-16-17(15)28-12-4-11-27-16;/h3,5-6,14H,4,7-13H2,1-2H3,(H,23,24);1H. The predicted molar refractivity (Wildman–Crippen MR) is 116 cm³/mol. The summed E-state index contributed by atoms with van der Waals surface area (Å²) in [6.07, 6.45) is -3.36. The molecule has 0 aromatic heterocycles. The number of benzene rings is 1. The van der Waals surface area contributed by atoms with E-state index in [0.29, 0.717) is 51.9 Å². The molecule has 1 aromatic rings.